The minimum Gasteiger partial charge on any atom is -0.398 e. The van der Waals surface area contributed by atoms with Crippen LogP contribution in [0, 0.1) is 0 Å². The van der Waals surface area contributed by atoms with Crippen molar-refractivity contribution >= 4 is 24.3 Å². The lowest BCUT2D eigenvalue weighted by Gasteiger charge is -2.32. The quantitative estimate of drug-likeness (QED) is 0.803. The number of nitrogens with one attached hydrogen (secondary N) is 1. The van der Waals surface area contributed by atoms with Crippen LogP contribution in [-0.2, 0) is 14.1 Å². The highest BCUT2D eigenvalue weighted by Gasteiger charge is 2.53. The van der Waals surface area contributed by atoms with Crippen LogP contribution in [0.2, 0.25) is 0 Å². The van der Waals surface area contributed by atoms with Crippen LogP contribution in [0.1, 0.15) is 46.1 Å². The smallest absolute Gasteiger partial charge is 0.398 e. The first-order valence-corrected chi connectivity index (χ1v) is 7.85. The van der Waals surface area contributed by atoms with Crippen molar-refractivity contribution in [3.8, 4) is 0 Å². The van der Waals surface area contributed by atoms with Gasteiger partial charge in [0.05, 0.1) is 11.2 Å². The number of benzene rings is 1. The Morgan fingerprint density at radius 3 is 2.39 bits per heavy atom. The third kappa shape index (κ3) is 2.81. The topological polar surface area (TPSA) is 47.6 Å². The maximum atomic E-state index is 15.2. The van der Waals surface area contributed by atoms with Crippen LogP contribution >= 0.6 is 0 Å². The molecule has 1 aromatic rings. The van der Waals surface area contributed by atoms with Gasteiger partial charge in [0.25, 0.3) is 0 Å². The number of hydrogen-bond donors (Lipinski definition) is 1. The summed E-state index contributed by atoms with van der Waals surface area (Å²) in [6, 6.07) is 7.22. The third-order valence-corrected chi connectivity index (χ3v) is 4.88. The Morgan fingerprint density at radius 2 is 1.74 bits per heavy atom. The number of fused-ring (bicyclic) bond motifs is 1. The molecule has 6 heteroatoms. The van der Waals surface area contributed by atoms with Crippen LogP contribution in [0.5, 0.6) is 0 Å². The van der Waals surface area contributed by atoms with E-state index < -0.39 is 24.0 Å². The molecule has 4 nitrogen and oxygen atoms in total. The molecule has 0 unspecified atom stereocenters. The first-order chi connectivity index (χ1) is 10.7. The van der Waals surface area contributed by atoms with Crippen molar-refractivity contribution < 1.29 is 18.5 Å². The van der Waals surface area contributed by atoms with Gasteiger partial charge < -0.3 is 14.6 Å². The van der Waals surface area contributed by atoms with Gasteiger partial charge >= 0.3 is 7.12 Å². The number of carbonyl (C=O) groups excluding carboxylic acids is 1. The molecule has 0 aromatic heterocycles. The second-order valence-electron chi connectivity index (χ2n) is 7.01. The van der Waals surface area contributed by atoms with Gasteiger partial charge in [0.1, 0.15) is 5.73 Å². The van der Waals surface area contributed by atoms with Crippen LogP contribution in [-0.4, -0.2) is 24.2 Å². The molecule has 23 heavy (non-hydrogen) atoms. The fraction of sp³-hybridized carbons (Fsp3) is 0.471. The molecule has 1 amide bonds. The predicted molar refractivity (Wildman–Crippen MR) is 88.4 cm³/mol. The van der Waals surface area contributed by atoms with Crippen molar-refractivity contribution in [2.24, 2.45) is 0 Å². The highest BCUT2D eigenvalue weighted by Crippen LogP contribution is 2.42. The van der Waals surface area contributed by atoms with Crippen molar-refractivity contribution in [1.29, 1.82) is 0 Å². The summed E-state index contributed by atoms with van der Waals surface area (Å²) in [6.45, 7) is 7.54. The van der Waals surface area contributed by atoms with E-state index in [9.17, 15) is 4.79 Å². The summed E-state index contributed by atoms with van der Waals surface area (Å²) in [5, 5.41) is 2.81. The summed E-state index contributed by atoms with van der Waals surface area (Å²) in [5.74, 6) is -0.117. The molecular weight excluding hydrogens is 296 g/mol. The van der Waals surface area contributed by atoms with Crippen molar-refractivity contribution in [3.63, 3.8) is 0 Å². The van der Waals surface area contributed by atoms with Gasteiger partial charge in [-0.3, -0.25) is 4.79 Å². The molecule has 0 spiro atoms. The number of amides is 1. The molecule has 1 fully saturated rings. The first-order valence-electron chi connectivity index (χ1n) is 7.85. The summed E-state index contributed by atoms with van der Waals surface area (Å²) < 4.78 is 26.8. The van der Waals surface area contributed by atoms with Crippen molar-refractivity contribution in [1.82, 2.24) is 0 Å². The van der Waals surface area contributed by atoms with E-state index in [1.54, 1.807) is 12.1 Å². The lowest BCUT2D eigenvalue weighted by molar-refractivity contribution is -0.116. The van der Waals surface area contributed by atoms with E-state index in [1.165, 1.54) is 0 Å². The highest BCUT2D eigenvalue weighted by atomic mass is 19.1. The number of anilines is 1. The van der Waals surface area contributed by atoms with Crippen molar-refractivity contribution in [2.45, 2.75) is 51.7 Å². The predicted octanol–water partition coefficient (Wildman–Crippen LogP) is 3.73. The zero-order valence-corrected chi connectivity index (χ0v) is 13.9. The van der Waals surface area contributed by atoms with Gasteiger partial charge in [0.15, 0.2) is 0 Å². The molecule has 122 valence electrons. The zero-order valence-electron chi connectivity index (χ0n) is 13.9. The monoisotopic (exact) mass is 317 g/mol. The van der Waals surface area contributed by atoms with E-state index in [0.717, 1.165) is 0 Å². The van der Waals surface area contributed by atoms with Gasteiger partial charge in [0.2, 0.25) is 5.91 Å². The number of para-hydroxylation sites is 1. The Kier molecular flexibility index (Phi) is 3.85. The minimum atomic E-state index is -1.05. The largest absolute Gasteiger partial charge is 0.525 e. The Labute approximate surface area is 136 Å². The zero-order chi connectivity index (χ0) is 16.8. The molecule has 0 bridgehead atoms. The standard InChI is InChI=1S/C17H21BFNO3/c1-16(2)17(3,4)23-18(22-16)15(19)12-9-10-14(21)20-13-8-6-5-7-11(12)13/h5-8H,9-10H2,1-4H3,(H,20,21). The molecule has 0 atom stereocenters. The number of halogens is 1. The number of allylic oxidation sites excluding steroid dienone is 1. The van der Waals surface area contributed by atoms with Gasteiger partial charge in [-0.25, -0.2) is 4.39 Å². The van der Waals surface area contributed by atoms with Gasteiger partial charge in [-0.2, -0.15) is 0 Å². The molecular formula is C17H21BFNO3. The second kappa shape index (κ2) is 5.46. The summed E-state index contributed by atoms with van der Waals surface area (Å²) >= 11 is 0. The number of hydrogen-bond acceptors (Lipinski definition) is 3. The average Bonchev–Trinajstić information content (AvgIpc) is 2.60. The number of rotatable bonds is 1. The van der Waals surface area contributed by atoms with E-state index in [2.05, 4.69) is 5.32 Å². The molecule has 1 aromatic carbocycles. The Balaban J connectivity index is 2.03. The molecule has 1 N–H and O–H groups in total. The lowest BCUT2D eigenvalue weighted by Crippen LogP contribution is -2.41. The number of carbonyl (C=O) groups is 1. The molecule has 1 saturated heterocycles. The van der Waals surface area contributed by atoms with Crippen LogP contribution in [0.4, 0.5) is 10.1 Å². The Hall–Kier alpha value is -1.66. The van der Waals surface area contributed by atoms with Crippen LogP contribution in [0.15, 0.2) is 30.0 Å². The summed E-state index contributed by atoms with van der Waals surface area (Å²) in [4.78, 5) is 11.8. The van der Waals surface area contributed by atoms with Crippen LogP contribution in [0.3, 0.4) is 0 Å². The van der Waals surface area contributed by atoms with E-state index in [0.29, 0.717) is 23.2 Å². The Bertz CT molecular complexity index is 668. The van der Waals surface area contributed by atoms with Crippen LogP contribution < -0.4 is 5.32 Å². The van der Waals surface area contributed by atoms with E-state index in [-0.39, 0.29) is 12.3 Å². The SMILES string of the molecule is CC1(C)OB(C(F)=C2CCC(=O)Nc3ccccc32)OC1(C)C. The minimum absolute atomic E-state index is 0.117. The molecule has 0 radical (unpaired) electrons. The van der Waals surface area contributed by atoms with E-state index in [1.807, 2.05) is 39.8 Å². The summed E-state index contributed by atoms with van der Waals surface area (Å²) in [5.41, 5.74) is 0.120. The first kappa shape index (κ1) is 16.2. The van der Waals surface area contributed by atoms with E-state index in [4.69, 9.17) is 9.31 Å². The highest BCUT2D eigenvalue weighted by molar-refractivity contribution is 6.55. The van der Waals surface area contributed by atoms with Gasteiger partial charge in [-0.05, 0) is 45.8 Å². The van der Waals surface area contributed by atoms with E-state index >= 15 is 4.39 Å². The van der Waals surface area contributed by atoms with Gasteiger partial charge in [-0.1, -0.05) is 18.2 Å². The molecule has 0 aliphatic carbocycles. The second-order valence-corrected chi connectivity index (χ2v) is 7.01. The molecule has 0 saturated carbocycles. The molecule has 2 aliphatic rings. The molecule has 3 rings (SSSR count). The Morgan fingerprint density at radius 1 is 1.13 bits per heavy atom. The summed E-state index contributed by atoms with van der Waals surface area (Å²) in [7, 11) is -1.05. The van der Waals surface area contributed by atoms with Crippen molar-refractivity contribution in [2.75, 3.05) is 5.32 Å². The molecule has 2 aliphatic heterocycles. The fourth-order valence-electron chi connectivity index (χ4n) is 2.78. The van der Waals surface area contributed by atoms with Gasteiger partial charge in [-0.15, -0.1) is 0 Å². The maximum Gasteiger partial charge on any atom is 0.525 e. The van der Waals surface area contributed by atoms with Gasteiger partial charge in [0, 0.05) is 17.7 Å². The maximum absolute atomic E-state index is 15.2. The fourth-order valence-corrected chi connectivity index (χ4v) is 2.78. The molecule has 2 heterocycles. The normalized spacial score (nSPS) is 24.7. The lowest BCUT2D eigenvalue weighted by atomic mass is 9.81. The average molecular weight is 317 g/mol. The van der Waals surface area contributed by atoms with Crippen LogP contribution in [0.25, 0.3) is 5.57 Å². The third-order valence-electron chi connectivity index (χ3n) is 4.88. The summed E-state index contributed by atoms with van der Waals surface area (Å²) in [6.07, 6.45) is 0.551. The van der Waals surface area contributed by atoms with Crippen molar-refractivity contribution in [3.05, 3.63) is 35.6 Å².